The summed E-state index contributed by atoms with van der Waals surface area (Å²) in [6.45, 7) is 2.71. The summed E-state index contributed by atoms with van der Waals surface area (Å²) in [5.41, 5.74) is 10.0. The van der Waals surface area contributed by atoms with E-state index in [-0.39, 0.29) is 16.6 Å². The maximum Gasteiger partial charge on any atom is 0.191 e. The van der Waals surface area contributed by atoms with E-state index in [1.165, 1.54) is 6.07 Å². The Morgan fingerprint density at radius 1 is 1.10 bits per heavy atom. The van der Waals surface area contributed by atoms with Crippen LogP contribution in [0.2, 0.25) is 0 Å². The predicted octanol–water partition coefficient (Wildman–Crippen LogP) is 1.68. The Morgan fingerprint density at radius 3 is 2.52 bits per heavy atom. The van der Waals surface area contributed by atoms with Crippen LogP contribution in [0, 0.1) is 0 Å². The van der Waals surface area contributed by atoms with Crippen LogP contribution in [0.5, 0.6) is 5.75 Å². The maximum atomic E-state index is 12.7. The van der Waals surface area contributed by atoms with E-state index >= 15 is 0 Å². The molecule has 0 saturated carbocycles. The number of anilines is 1. The van der Waals surface area contributed by atoms with Crippen LogP contribution >= 0.6 is 0 Å². The number of fused-ring (bicyclic) bond motifs is 2. The summed E-state index contributed by atoms with van der Waals surface area (Å²) in [4.78, 5) is 16.9. The van der Waals surface area contributed by atoms with Gasteiger partial charge in [-0.15, -0.1) is 0 Å². The number of nitrogens with one attached hydrogen (secondary N) is 1. The molecule has 0 unspecified atom stereocenters. The fourth-order valence-electron chi connectivity index (χ4n) is 4.17. The molecule has 31 heavy (non-hydrogen) atoms. The summed E-state index contributed by atoms with van der Waals surface area (Å²) in [7, 11) is 8.07. The first-order valence-corrected chi connectivity index (χ1v) is 10.5. The SMILES string of the molecule is CN(C)CCNc1cc(CN)c2c(CCN(C)C)nn3c4cccc(=O)c4c(O)c1c23. The highest BCUT2D eigenvalue weighted by atomic mass is 16.3. The smallest absolute Gasteiger partial charge is 0.191 e. The van der Waals surface area contributed by atoms with Gasteiger partial charge in [0.1, 0.15) is 5.75 Å². The van der Waals surface area contributed by atoms with Crippen molar-refractivity contribution in [3.05, 3.63) is 45.7 Å². The number of aromatic nitrogens is 2. The number of pyridine rings is 1. The predicted molar refractivity (Wildman–Crippen MR) is 127 cm³/mol. The van der Waals surface area contributed by atoms with E-state index in [9.17, 15) is 9.90 Å². The molecule has 4 rings (SSSR count). The zero-order chi connectivity index (χ0) is 22.3. The van der Waals surface area contributed by atoms with Crippen LogP contribution in [-0.2, 0) is 13.0 Å². The number of aromatic hydroxyl groups is 1. The lowest BCUT2D eigenvalue weighted by molar-refractivity contribution is 0.412. The first-order valence-electron chi connectivity index (χ1n) is 10.5. The Morgan fingerprint density at radius 2 is 1.84 bits per heavy atom. The molecule has 2 heterocycles. The molecule has 0 bridgehead atoms. The second kappa shape index (κ2) is 8.30. The zero-order valence-corrected chi connectivity index (χ0v) is 18.6. The minimum absolute atomic E-state index is 0.00640. The van der Waals surface area contributed by atoms with Gasteiger partial charge < -0.3 is 26.0 Å². The highest BCUT2D eigenvalue weighted by molar-refractivity contribution is 6.14. The fraction of sp³-hybridized carbons (Fsp3) is 0.391. The van der Waals surface area contributed by atoms with Crippen LogP contribution in [0.15, 0.2) is 29.1 Å². The van der Waals surface area contributed by atoms with Gasteiger partial charge in [-0.1, -0.05) is 6.07 Å². The van der Waals surface area contributed by atoms with Crippen molar-refractivity contribution in [1.82, 2.24) is 19.4 Å². The van der Waals surface area contributed by atoms with Crippen molar-refractivity contribution in [2.75, 3.05) is 53.1 Å². The minimum Gasteiger partial charge on any atom is -0.506 e. The highest BCUT2D eigenvalue weighted by Crippen LogP contribution is 2.42. The molecule has 2 aromatic heterocycles. The van der Waals surface area contributed by atoms with Gasteiger partial charge in [0, 0.05) is 43.7 Å². The van der Waals surface area contributed by atoms with Gasteiger partial charge in [-0.3, -0.25) is 4.79 Å². The number of hydrogen-bond acceptors (Lipinski definition) is 7. The third-order valence-corrected chi connectivity index (χ3v) is 5.70. The summed E-state index contributed by atoms with van der Waals surface area (Å²) >= 11 is 0. The van der Waals surface area contributed by atoms with Crippen LogP contribution in [0.1, 0.15) is 11.3 Å². The summed E-state index contributed by atoms with van der Waals surface area (Å²) in [5.74, 6) is -0.00640. The largest absolute Gasteiger partial charge is 0.506 e. The monoisotopic (exact) mass is 422 g/mol. The molecular formula is C23H30N6O2. The number of hydrogen-bond donors (Lipinski definition) is 3. The standard InChI is InChI=1S/C23H30N6O2/c1-27(2)10-8-15-19-14(13-24)12-16(25-9-11-28(3)4)20-22(19)29(26-15)17-6-5-7-18(30)21(17)23(20)31/h5-7,12,25,31H,8-11,13,24H2,1-4H3. The van der Waals surface area contributed by atoms with Crippen LogP contribution < -0.4 is 16.5 Å². The van der Waals surface area contributed by atoms with Gasteiger partial charge in [0.05, 0.1) is 27.5 Å². The van der Waals surface area contributed by atoms with Crippen LogP contribution in [0.4, 0.5) is 5.69 Å². The lowest BCUT2D eigenvalue weighted by Gasteiger charge is -2.17. The molecule has 0 aliphatic rings. The van der Waals surface area contributed by atoms with Crippen molar-refractivity contribution in [2.24, 2.45) is 5.73 Å². The summed E-state index contributed by atoms with van der Waals surface area (Å²) in [6, 6.07) is 7.00. The lowest BCUT2D eigenvalue weighted by atomic mass is 9.99. The molecule has 4 aromatic rings. The third-order valence-electron chi connectivity index (χ3n) is 5.70. The van der Waals surface area contributed by atoms with Gasteiger partial charge >= 0.3 is 0 Å². The molecule has 2 aromatic carbocycles. The molecule has 0 amide bonds. The average Bonchev–Trinajstić information content (AvgIpc) is 3.10. The van der Waals surface area contributed by atoms with E-state index < -0.39 is 0 Å². The van der Waals surface area contributed by atoms with Gasteiger partial charge in [0.2, 0.25) is 0 Å². The van der Waals surface area contributed by atoms with E-state index in [2.05, 4.69) is 15.1 Å². The molecule has 0 saturated heterocycles. The van der Waals surface area contributed by atoms with Crippen molar-refractivity contribution in [3.63, 3.8) is 0 Å². The number of nitrogens with two attached hydrogens (primary N) is 1. The van der Waals surface area contributed by atoms with E-state index in [1.807, 2.05) is 44.8 Å². The zero-order valence-electron chi connectivity index (χ0n) is 18.6. The summed E-state index contributed by atoms with van der Waals surface area (Å²) < 4.78 is 1.81. The molecule has 8 nitrogen and oxygen atoms in total. The Kier molecular flexibility index (Phi) is 5.70. The van der Waals surface area contributed by atoms with Gasteiger partial charge in [-0.25, -0.2) is 4.52 Å². The first-order chi connectivity index (χ1) is 14.8. The molecule has 0 radical (unpaired) electrons. The Labute approximate surface area is 181 Å². The second-order valence-corrected chi connectivity index (χ2v) is 8.53. The Balaban J connectivity index is 2.08. The fourth-order valence-corrected chi connectivity index (χ4v) is 4.17. The highest BCUT2D eigenvalue weighted by Gasteiger charge is 2.24. The van der Waals surface area contributed by atoms with Crippen LogP contribution in [-0.4, -0.2) is 72.3 Å². The van der Waals surface area contributed by atoms with Gasteiger partial charge in [0.15, 0.2) is 5.43 Å². The van der Waals surface area contributed by atoms with Crippen molar-refractivity contribution in [1.29, 1.82) is 0 Å². The van der Waals surface area contributed by atoms with Crippen molar-refractivity contribution in [2.45, 2.75) is 13.0 Å². The number of nitrogens with zero attached hydrogens (tertiary/aromatic N) is 4. The molecular weight excluding hydrogens is 392 g/mol. The van der Waals surface area contributed by atoms with Crippen molar-refractivity contribution in [3.8, 4) is 5.75 Å². The molecule has 0 aliphatic carbocycles. The van der Waals surface area contributed by atoms with Gasteiger partial charge in [-0.05, 0) is 52.0 Å². The summed E-state index contributed by atoms with van der Waals surface area (Å²) in [5, 5.41) is 21.5. The molecule has 0 fully saturated rings. The number of likely N-dealkylation sites (N-methyl/N-ethyl adjacent to an activating group) is 2. The molecule has 164 valence electrons. The normalized spacial score (nSPS) is 12.2. The first kappa shape index (κ1) is 21.3. The Bertz CT molecular complexity index is 1290. The van der Waals surface area contributed by atoms with Crippen molar-refractivity contribution < 1.29 is 5.11 Å². The van der Waals surface area contributed by atoms with E-state index in [1.54, 1.807) is 6.07 Å². The van der Waals surface area contributed by atoms with Crippen LogP contribution in [0.25, 0.3) is 27.2 Å². The molecule has 8 heteroatoms. The molecule has 0 spiro atoms. The van der Waals surface area contributed by atoms with E-state index in [4.69, 9.17) is 10.8 Å². The summed E-state index contributed by atoms with van der Waals surface area (Å²) in [6.07, 6.45) is 0.740. The minimum atomic E-state index is -0.221. The van der Waals surface area contributed by atoms with Gasteiger partial charge in [-0.2, -0.15) is 5.10 Å². The van der Waals surface area contributed by atoms with Crippen LogP contribution in [0.3, 0.4) is 0 Å². The number of rotatable bonds is 8. The maximum absolute atomic E-state index is 12.7. The lowest BCUT2D eigenvalue weighted by Crippen LogP contribution is -2.21. The average molecular weight is 423 g/mol. The third kappa shape index (κ3) is 3.67. The molecule has 0 aliphatic heterocycles. The molecule has 0 atom stereocenters. The van der Waals surface area contributed by atoms with E-state index in [0.717, 1.165) is 47.4 Å². The quantitative estimate of drug-likeness (QED) is 0.372. The van der Waals surface area contributed by atoms with Gasteiger partial charge in [0.25, 0.3) is 0 Å². The van der Waals surface area contributed by atoms with Crippen molar-refractivity contribution >= 4 is 32.9 Å². The topological polar surface area (TPSA) is 99.1 Å². The molecule has 4 N–H and O–H groups in total. The Hall–Kier alpha value is -2.94. The number of benzene rings is 2. The van der Waals surface area contributed by atoms with E-state index in [0.29, 0.717) is 24.0 Å². The second-order valence-electron chi connectivity index (χ2n) is 8.53.